The van der Waals surface area contributed by atoms with E-state index >= 15 is 0 Å². The molecular formula is C24H23ClN2O2S. The molecule has 1 N–H and O–H groups in total. The van der Waals surface area contributed by atoms with Gasteiger partial charge in [0.25, 0.3) is 5.91 Å². The molecule has 0 atom stereocenters. The van der Waals surface area contributed by atoms with E-state index in [0.29, 0.717) is 23.1 Å². The van der Waals surface area contributed by atoms with E-state index in [4.69, 9.17) is 16.3 Å². The molecule has 0 fully saturated rings. The number of carbonyl (C=O) groups excluding carboxylic acids is 1. The highest BCUT2D eigenvalue weighted by Crippen LogP contribution is 2.41. The normalized spacial score (nSPS) is 11.5. The Kier molecular flexibility index (Phi) is 6.32. The predicted octanol–water partition coefficient (Wildman–Crippen LogP) is 6.31. The lowest BCUT2D eigenvalue weighted by molar-refractivity contribution is 0.0757. The van der Waals surface area contributed by atoms with E-state index in [0.717, 1.165) is 38.5 Å². The van der Waals surface area contributed by atoms with Crippen LogP contribution in [0.5, 0.6) is 0 Å². The number of aromatic nitrogens is 1. The molecule has 2 heterocycles. The van der Waals surface area contributed by atoms with Crippen LogP contribution in [-0.2, 0) is 4.74 Å². The van der Waals surface area contributed by atoms with Gasteiger partial charge in [-0.05, 0) is 44.0 Å². The second-order valence-electron chi connectivity index (χ2n) is 7.36. The number of fused-ring (bicyclic) bond motifs is 3. The molecule has 0 radical (unpaired) electrons. The standard InChI is InChI=1S/C24H23ClN2O2S/c1-15(2)29-12-6-11-26-24(28)23-21(16-7-4-3-5-8-16)19-14-27-20-10-9-17(25)13-18(20)22(19)30-23/h3-5,7-10,13-15H,6,11-12H2,1-2H3,(H,26,28). The highest BCUT2D eigenvalue weighted by Gasteiger charge is 2.21. The number of ether oxygens (including phenoxy) is 1. The summed E-state index contributed by atoms with van der Waals surface area (Å²) in [6.45, 7) is 5.21. The Balaban J connectivity index is 1.75. The number of hydrogen-bond donors (Lipinski definition) is 1. The summed E-state index contributed by atoms with van der Waals surface area (Å²) in [7, 11) is 0. The van der Waals surface area contributed by atoms with Crippen molar-refractivity contribution in [3.8, 4) is 11.1 Å². The van der Waals surface area contributed by atoms with Crippen LogP contribution in [0.15, 0.2) is 54.7 Å². The third-order valence-corrected chi connectivity index (χ3v) is 6.28. The van der Waals surface area contributed by atoms with Gasteiger partial charge in [0.15, 0.2) is 0 Å². The Labute approximate surface area is 184 Å². The maximum Gasteiger partial charge on any atom is 0.262 e. The van der Waals surface area contributed by atoms with Crippen LogP contribution in [0.4, 0.5) is 0 Å². The molecule has 2 aromatic heterocycles. The number of thiophene rings is 1. The van der Waals surface area contributed by atoms with E-state index in [9.17, 15) is 4.79 Å². The minimum Gasteiger partial charge on any atom is -0.379 e. The van der Waals surface area contributed by atoms with Gasteiger partial charge >= 0.3 is 0 Å². The minimum absolute atomic E-state index is 0.0743. The number of rotatable bonds is 7. The average molecular weight is 439 g/mol. The summed E-state index contributed by atoms with van der Waals surface area (Å²) >= 11 is 7.74. The smallest absolute Gasteiger partial charge is 0.262 e. The molecule has 6 heteroatoms. The molecule has 0 saturated carbocycles. The zero-order valence-electron chi connectivity index (χ0n) is 16.9. The second-order valence-corrected chi connectivity index (χ2v) is 8.82. The first-order valence-corrected chi connectivity index (χ1v) is 11.2. The summed E-state index contributed by atoms with van der Waals surface area (Å²) in [5.74, 6) is -0.0743. The Morgan fingerprint density at radius 1 is 1.17 bits per heavy atom. The van der Waals surface area contributed by atoms with Gasteiger partial charge in [-0.3, -0.25) is 9.78 Å². The van der Waals surface area contributed by atoms with Crippen LogP contribution in [-0.4, -0.2) is 30.1 Å². The van der Waals surface area contributed by atoms with Crippen molar-refractivity contribution in [2.45, 2.75) is 26.4 Å². The topological polar surface area (TPSA) is 51.2 Å². The summed E-state index contributed by atoms with van der Waals surface area (Å²) < 4.78 is 6.58. The first-order valence-electron chi connectivity index (χ1n) is 10.0. The van der Waals surface area contributed by atoms with E-state index in [1.54, 1.807) is 0 Å². The molecule has 2 aromatic carbocycles. The van der Waals surface area contributed by atoms with Crippen molar-refractivity contribution in [1.82, 2.24) is 10.3 Å². The second kappa shape index (κ2) is 9.13. The molecule has 1 amide bonds. The van der Waals surface area contributed by atoms with Crippen molar-refractivity contribution in [2.24, 2.45) is 0 Å². The fourth-order valence-corrected chi connectivity index (χ4v) is 4.84. The van der Waals surface area contributed by atoms with Gasteiger partial charge in [-0.1, -0.05) is 41.9 Å². The predicted molar refractivity (Wildman–Crippen MR) is 126 cm³/mol. The molecule has 4 rings (SSSR count). The van der Waals surface area contributed by atoms with E-state index < -0.39 is 0 Å². The third kappa shape index (κ3) is 4.33. The summed E-state index contributed by atoms with van der Waals surface area (Å²) in [6.07, 6.45) is 2.83. The van der Waals surface area contributed by atoms with Gasteiger partial charge in [0, 0.05) is 45.4 Å². The van der Waals surface area contributed by atoms with Gasteiger partial charge in [0.2, 0.25) is 0 Å². The fourth-order valence-electron chi connectivity index (χ4n) is 3.43. The van der Waals surface area contributed by atoms with Gasteiger partial charge in [-0.2, -0.15) is 0 Å². The highest BCUT2D eigenvalue weighted by molar-refractivity contribution is 7.22. The highest BCUT2D eigenvalue weighted by atomic mass is 35.5. The first kappa shape index (κ1) is 20.8. The Bertz CT molecular complexity index is 1190. The number of halogens is 1. The van der Waals surface area contributed by atoms with E-state index in [2.05, 4.69) is 10.3 Å². The molecule has 4 aromatic rings. The van der Waals surface area contributed by atoms with Gasteiger partial charge < -0.3 is 10.1 Å². The quantitative estimate of drug-likeness (QED) is 0.344. The zero-order valence-corrected chi connectivity index (χ0v) is 18.5. The molecule has 0 unspecified atom stereocenters. The number of amides is 1. The number of carbonyl (C=O) groups is 1. The van der Waals surface area contributed by atoms with Crippen molar-refractivity contribution >= 4 is 49.8 Å². The molecule has 0 bridgehead atoms. The van der Waals surface area contributed by atoms with Crippen molar-refractivity contribution in [1.29, 1.82) is 0 Å². The van der Waals surface area contributed by atoms with Crippen molar-refractivity contribution in [3.05, 3.63) is 64.6 Å². The molecule has 0 aliphatic heterocycles. The maximum absolute atomic E-state index is 13.1. The number of nitrogens with one attached hydrogen (secondary N) is 1. The van der Waals surface area contributed by atoms with Crippen LogP contribution in [0, 0.1) is 0 Å². The molecular weight excluding hydrogens is 416 g/mol. The molecule has 4 nitrogen and oxygen atoms in total. The summed E-state index contributed by atoms with van der Waals surface area (Å²) in [4.78, 5) is 18.4. The molecule has 30 heavy (non-hydrogen) atoms. The fraction of sp³-hybridized carbons (Fsp3) is 0.250. The van der Waals surface area contributed by atoms with E-state index in [1.165, 1.54) is 11.3 Å². The minimum atomic E-state index is -0.0743. The lowest BCUT2D eigenvalue weighted by Gasteiger charge is -2.09. The lowest BCUT2D eigenvalue weighted by Crippen LogP contribution is -2.25. The third-order valence-electron chi connectivity index (χ3n) is 4.81. The van der Waals surface area contributed by atoms with Crippen molar-refractivity contribution < 1.29 is 9.53 Å². The number of nitrogens with zero attached hydrogens (tertiary/aromatic N) is 1. The van der Waals surface area contributed by atoms with Crippen LogP contribution in [0.2, 0.25) is 5.02 Å². The van der Waals surface area contributed by atoms with Gasteiger partial charge in [0.05, 0.1) is 11.6 Å². The molecule has 0 aliphatic rings. The van der Waals surface area contributed by atoms with Gasteiger partial charge in [-0.15, -0.1) is 11.3 Å². The molecule has 0 spiro atoms. The van der Waals surface area contributed by atoms with Gasteiger partial charge in [-0.25, -0.2) is 0 Å². The monoisotopic (exact) mass is 438 g/mol. The zero-order chi connectivity index (χ0) is 21.1. The van der Waals surface area contributed by atoms with Crippen molar-refractivity contribution in [3.63, 3.8) is 0 Å². The van der Waals surface area contributed by atoms with Gasteiger partial charge in [0.1, 0.15) is 4.88 Å². The Morgan fingerprint density at radius 3 is 2.73 bits per heavy atom. The number of pyridine rings is 1. The van der Waals surface area contributed by atoms with Crippen LogP contribution in [0.3, 0.4) is 0 Å². The maximum atomic E-state index is 13.1. The Hall–Kier alpha value is -2.47. The average Bonchev–Trinajstić information content (AvgIpc) is 3.14. The molecule has 0 saturated heterocycles. The lowest BCUT2D eigenvalue weighted by atomic mass is 10.0. The van der Waals surface area contributed by atoms with Crippen LogP contribution in [0.1, 0.15) is 29.9 Å². The summed E-state index contributed by atoms with van der Waals surface area (Å²) in [5.41, 5.74) is 2.78. The van der Waals surface area contributed by atoms with Crippen LogP contribution >= 0.6 is 22.9 Å². The Morgan fingerprint density at radius 2 is 1.97 bits per heavy atom. The van der Waals surface area contributed by atoms with Crippen LogP contribution < -0.4 is 5.32 Å². The number of benzene rings is 2. The largest absolute Gasteiger partial charge is 0.379 e. The van der Waals surface area contributed by atoms with E-state index in [1.807, 2.05) is 68.6 Å². The SMILES string of the molecule is CC(C)OCCCNC(=O)c1sc2c(cnc3ccc(Cl)cc32)c1-c1ccccc1. The number of hydrogen-bond acceptors (Lipinski definition) is 4. The summed E-state index contributed by atoms with van der Waals surface area (Å²) in [6, 6.07) is 15.6. The first-order chi connectivity index (χ1) is 14.5. The van der Waals surface area contributed by atoms with Crippen molar-refractivity contribution in [2.75, 3.05) is 13.2 Å². The molecule has 0 aliphatic carbocycles. The molecule has 154 valence electrons. The van der Waals surface area contributed by atoms with E-state index in [-0.39, 0.29) is 12.0 Å². The van der Waals surface area contributed by atoms with Crippen LogP contribution in [0.25, 0.3) is 32.1 Å². The summed E-state index contributed by atoms with van der Waals surface area (Å²) in [5, 5.41) is 5.63.